The number of hydrogen-bond acceptors (Lipinski definition) is 5. The second-order valence-electron chi connectivity index (χ2n) is 6.22. The number of thiazole rings is 1. The highest BCUT2D eigenvalue weighted by Crippen LogP contribution is 2.23. The van der Waals surface area contributed by atoms with Crippen LogP contribution < -0.4 is 4.91 Å². The Balaban J connectivity index is 2.52. The minimum Gasteiger partial charge on any atom is -0.537 e. The van der Waals surface area contributed by atoms with Crippen LogP contribution in [-0.2, 0) is 14.0 Å². The van der Waals surface area contributed by atoms with Gasteiger partial charge in [-0.1, -0.05) is 12.1 Å². The third kappa shape index (κ3) is 4.07. The quantitative estimate of drug-likeness (QED) is 0.729. The van der Waals surface area contributed by atoms with Crippen molar-refractivity contribution in [2.75, 3.05) is 0 Å². The van der Waals surface area contributed by atoms with Gasteiger partial charge in [-0.15, -0.1) is 0 Å². The van der Waals surface area contributed by atoms with Gasteiger partial charge in [0, 0.05) is 23.2 Å². The molecule has 22 heavy (non-hydrogen) atoms. The summed E-state index contributed by atoms with van der Waals surface area (Å²) in [6, 6.07) is 8.04. The zero-order valence-electron chi connectivity index (χ0n) is 14.2. The summed E-state index contributed by atoms with van der Waals surface area (Å²) >= 11 is 1.57. The molecule has 0 N–H and O–H groups in total. The Morgan fingerprint density at radius 3 is 1.82 bits per heavy atom. The van der Waals surface area contributed by atoms with Gasteiger partial charge < -0.3 is 14.0 Å². The van der Waals surface area contributed by atoms with Gasteiger partial charge in [-0.2, -0.15) is 11.3 Å². The van der Waals surface area contributed by atoms with E-state index in [4.69, 9.17) is 18.9 Å². The fraction of sp³-hybridized carbons (Fsp3) is 0.562. The minimum atomic E-state index is -2.06. The maximum absolute atomic E-state index is 6.14. The Bertz CT molecular complexity index is 553. The van der Waals surface area contributed by atoms with Crippen LogP contribution in [0.1, 0.15) is 41.5 Å². The summed E-state index contributed by atoms with van der Waals surface area (Å²) in [5.41, 5.74) is 0.945. The van der Waals surface area contributed by atoms with E-state index >= 15 is 0 Å². The third-order valence-corrected chi connectivity index (χ3v) is 4.12. The largest absolute Gasteiger partial charge is 0.537 e. The van der Waals surface area contributed by atoms with Crippen molar-refractivity contribution in [3.8, 4) is 0 Å². The Kier molecular flexibility index (Phi) is 5.61. The van der Waals surface area contributed by atoms with Gasteiger partial charge in [0.25, 0.3) is 0 Å². The van der Waals surface area contributed by atoms with Gasteiger partial charge in [-0.3, -0.25) is 4.98 Å². The number of hydrogen-bond donors (Lipinski definition) is 0. The van der Waals surface area contributed by atoms with E-state index in [0.717, 1.165) is 15.1 Å². The van der Waals surface area contributed by atoms with E-state index in [0.29, 0.717) is 0 Å². The van der Waals surface area contributed by atoms with Gasteiger partial charge in [0.05, 0.1) is 10.2 Å². The van der Waals surface area contributed by atoms with Gasteiger partial charge in [0.2, 0.25) is 0 Å². The van der Waals surface area contributed by atoms with Crippen LogP contribution in [0.3, 0.4) is 0 Å². The third-order valence-electron chi connectivity index (χ3n) is 2.97. The minimum absolute atomic E-state index is 0.0236. The molecule has 4 nitrogen and oxygen atoms in total. The molecular weight excluding hydrogens is 297 g/mol. The molecule has 0 saturated heterocycles. The predicted molar refractivity (Wildman–Crippen MR) is 93.7 cm³/mol. The first-order valence-corrected chi connectivity index (χ1v) is 8.67. The molecule has 0 saturated carbocycles. The smallest absolute Gasteiger partial charge is 0.438 e. The summed E-state index contributed by atoms with van der Waals surface area (Å²) < 4.78 is 19.5. The molecule has 0 radical (unpaired) electrons. The van der Waals surface area contributed by atoms with E-state index in [2.05, 4.69) is 6.07 Å². The summed E-state index contributed by atoms with van der Waals surface area (Å²) in [7, 11) is 0. The monoisotopic (exact) mass is 322 g/mol. The highest BCUT2D eigenvalue weighted by Gasteiger charge is 2.38. The highest BCUT2D eigenvalue weighted by atomic mass is 32.1. The van der Waals surface area contributed by atoms with Gasteiger partial charge >= 0.3 is 6.75 Å². The molecular formula is C16H25BNO3S-. The Morgan fingerprint density at radius 1 is 0.864 bits per heavy atom. The van der Waals surface area contributed by atoms with Crippen molar-refractivity contribution in [2.45, 2.75) is 59.9 Å². The Hall–Kier alpha value is -0.945. The second kappa shape index (κ2) is 7.09. The van der Waals surface area contributed by atoms with Crippen molar-refractivity contribution in [1.82, 2.24) is 4.98 Å². The number of para-hydroxylation sites is 1. The van der Waals surface area contributed by atoms with Crippen LogP contribution in [0.2, 0.25) is 0 Å². The van der Waals surface area contributed by atoms with Crippen LogP contribution in [0.5, 0.6) is 0 Å². The molecule has 0 aliphatic carbocycles. The lowest BCUT2D eigenvalue weighted by atomic mass is 9.77. The second-order valence-corrected chi connectivity index (χ2v) is 7.28. The van der Waals surface area contributed by atoms with Crippen LogP contribution in [0.4, 0.5) is 0 Å². The topological polar surface area (TPSA) is 40.6 Å². The number of nitrogens with zero attached hydrogens (tertiary/aromatic N) is 1. The van der Waals surface area contributed by atoms with Gasteiger partial charge in [-0.05, 0) is 53.7 Å². The van der Waals surface area contributed by atoms with Gasteiger partial charge in [0.1, 0.15) is 0 Å². The molecule has 0 bridgehead atoms. The molecule has 6 heteroatoms. The maximum Gasteiger partial charge on any atom is 0.438 e. The lowest BCUT2D eigenvalue weighted by molar-refractivity contribution is 0.0153. The van der Waals surface area contributed by atoms with Crippen molar-refractivity contribution >= 4 is 33.2 Å². The molecule has 0 atom stereocenters. The fourth-order valence-corrected chi connectivity index (χ4v) is 3.43. The molecule has 1 heterocycles. The Morgan fingerprint density at radius 2 is 1.36 bits per heavy atom. The fourth-order valence-electron chi connectivity index (χ4n) is 2.39. The molecule has 0 aliphatic rings. The average Bonchev–Trinajstić information content (AvgIpc) is 2.80. The molecule has 0 fully saturated rings. The maximum atomic E-state index is 6.14. The summed E-state index contributed by atoms with van der Waals surface area (Å²) in [5, 5.41) is 0. The van der Waals surface area contributed by atoms with Crippen molar-refractivity contribution in [3.63, 3.8) is 0 Å². The lowest BCUT2D eigenvalue weighted by Gasteiger charge is -2.44. The van der Waals surface area contributed by atoms with Crippen LogP contribution in [0.25, 0.3) is 10.2 Å². The summed E-state index contributed by atoms with van der Waals surface area (Å²) in [5.74, 6) is 0. The standard InChI is InChI=1S/C16H25BNO3S/c1-11(2)19-17(20-12(3)4,21-13(5)6)16-18-14-9-7-8-10-15(14)22-16/h7-13H,1-6H3/q-1. The van der Waals surface area contributed by atoms with E-state index in [-0.39, 0.29) is 18.3 Å². The van der Waals surface area contributed by atoms with E-state index in [1.54, 1.807) is 11.3 Å². The van der Waals surface area contributed by atoms with Crippen LogP contribution in [0.15, 0.2) is 24.3 Å². The van der Waals surface area contributed by atoms with E-state index in [1.807, 2.05) is 59.7 Å². The molecule has 2 aromatic rings. The first-order valence-electron chi connectivity index (χ1n) is 7.85. The first-order chi connectivity index (χ1) is 10.3. The lowest BCUT2D eigenvalue weighted by Crippen LogP contribution is -2.60. The molecule has 1 aromatic carbocycles. The normalized spacial score (nSPS) is 13.0. The number of rotatable bonds is 7. The molecule has 0 unspecified atom stereocenters. The summed E-state index contributed by atoms with van der Waals surface area (Å²) in [6.07, 6.45) is -0.0708. The van der Waals surface area contributed by atoms with Crippen molar-refractivity contribution < 1.29 is 14.0 Å². The molecule has 0 amide bonds. The molecule has 0 aliphatic heterocycles. The van der Waals surface area contributed by atoms with Crippen LogP contribution >= 0.6 is 11.3 Å². The van der Waals surface area contributed by atoms with Crippen LogP contribution in [-0.4, -0.2) is 30.1 Å². The number of aromatic nitrogens is 1. The molecule has 0 spiro atoms. The zero-order chi connectivity index (χ0) is 16.3. The van der Waals surface area contributed by atoms with Crippen molar-refractivity contribution in [3.05, 3.63) is 24.3 Å². The van der Waals surface area contributed by atoms with Gasteiger partial charge in [-0.25, -0.2) is 0 Å². The molecule has 1 aromatic heterocycles. The molecule has 122 valence electrons. The van der Waals surface area contributed by atoms with E-state index < -0.39 is 6.75 Å². The highest BCUT2D eigenvalue weighted by molar-refractivity contribution is 7.28. The van der Waals surface area contributed by atoms with Crippen LogP contribution in [0, 0.1) is 0 Å². The van der Waals surface area contributed by atoms with Crippen molar-refractivity contribution in [1.29, 1.82) is 0 Å². The van der Waals surface area contributed by atoms with Gasteiger partial charge in [0.15, 0.2) is 0 Å². The zero-order valence-corrected chi connectivity index (χ0v) is 15.0. The van der Waals surface area contributed by atoms with E-state index in [1.165, 1.54) is 0 Å². The Labute approximate surface area is 136 Å². The summed E-state index contributed by atoms with van der Waals surface area (Å²) in [6.45, 7) is 9.84. The van der Waals surface area contributed by atoms with E-state index in [9.17, 15) is 0 Å². The first kappa shape index (κ1) is 17.4. The summed E-state index contributed by atoms with van der Waals surface area (Å²) in [4.78, 5) is 5.48. The SMILES string of the molecule is CC(C)O[B-](OC(C)C)(OC(C)C)c1nc2ccccc2s1. The molecule has 2 rings (SSSR count). The van der Waals surface area contributed by atoms with Crippen molar-refractivity contribution in [2.24, 2.45) is 0 Å². The number of benzene rings is 1. The predicted octanol–water partition coefficient (Wildman–Crippen LogP) is 3.72. The number of fused-ring (bicyclic) bond motifs is 1. The average molecular weight is 322 g/mol.